The topological polar surface area (TPSA) is 32.3 Å². The molecule has 0 saturated carbocycles. The molecule has 2 aliphatic heterocycles. The van der Waals surface area contributed by atoms with Crippen molar-refractivity contribution >= 4 is 16.9 Å². The molecule has 4 heteroatoms. The second-order valence-electron chi connectivity index (χ2n) is 4.98. The lowest BCUT2D eigenvalue weighted by Gasteiger charge is -2.29. The zero-order valence-corrected chi connectivity index (χ0v) is 11.2. The minimum absolute atomic E-state index is 0.216. The molecule has 2 aliphatic rings. The SMILES string of the molecule is O=C(S[C@H]1C[C@H]2CNCCN2C1)c1ccccc1. The summed E-state index contributed by atoms with van der Waals surface area (Å²) < 4.78 is 0. The van der Waals surface area contributed by atoms with Crippen LogP contribution in [0.1, 0.15) is 16.8 Å². The number of carbonyl (C=O) groups excluding carboxylic acids is 1. The average Bonchev–Trinajstić information content (AvgIpc) is 2.82. The van der Waals surface area contributed by atoms with Crippen LogP contribution in [0.15, 0.2) is 30.3 Å². The van der Waals surface area contributed by atoms with Gasteiger partial charge >= 0.3 is 0 Å². The third kappa shape index (κ3) is 2.60. The van der Waals surface area contributed by atoms with Crippen molar-refractivity contribution in [2.24, 2.45) is 0 Å². The first-order valence-corrected chi connectivity index (χ1v) is 7.42. The van der Waals surface area contributed by atoms with Gasteiger partial charge in [0.15, 0.2) is 0 Å². The molecule has 0 aliphatic carbocycles. The van der Waals surface area contributed by atoms with E-state index >= 15 is 0 Å². The van der Waals surface area contributed by atoms with Crippen molar-refractivity contribution in [3.8, 4) is 0 Å². The monoisotopic (exact) mass is 262 g/mol. The van der Waals surface area contributed by atoms with Crippen molar-refractivity contribution in [1.29, 1.82) is 0 Å². The smallest absolute Gasteiger partial charge is 0.219 e. The predicted molar refractivity (Wildman–Crippen MR) is 75.0 cm³/mol. The van der Waals surface area contributed by atoms with Crippen LogP contribution in [0.3, 0.4) is 0 Å². The molecule has 0 radical (unpaired) electrons. The van der Waals surface area contributed by atoms with Gasteiger partial charge < -0.3 is 5.32 Å². The summed E-state index contributed by atoms with van der Waals surface area (Å²) in [6, 6.07) is 10.2. The molecule has 0 unspecified atom stereocenters. The van der Waals surface area contributed by atoms with Gasteiger partial charge in [-0.05, 0) is 6.42 Å². The highest BCUT2D eigenvalue weighted by atomic mass is 32.2. The fourth-order valence-corrected chi connectivity index (χ4v) is 3.95. The minimum atomic E-state index is 0.216. The summed E-state index contributed by atoms with van der Waals surface area (Å²) >= 11 is 1.52. The van der Waals surface area contributed by atoms with Gasteiger partial charge in [-0.3, -0.25) is 9.69 Å². The molecule has 3 nitrogen and oxygen atoms in total. The lowest BCUT2D eigenvalue weighted by Crippen LogP contribution is -2.47. The number of piperazine rings is 1. The van der Waals surface area contributed by atoms with Gasteiger partial charge in [0, 0.05) is 43.0 Å². The van der Waals surface area contributed by atoms with Gasteiger partial charge in [0.05, 0.1) is 0 Å². The van der Waals surface area contributed by atoms with Gasteiger partial charge in [-0.2, -0.15) is 0 Å². The maximum absolute atomic E-state index is 12.1. The predicted octanol–water partition coefficient (Wildman–Crippen LogP) is 1.61. The molecular formula is C14H18N2OS. The van der Waals surface area contributed by atoms with E-state index in [1.54, 1.807) is 0 Å². The number of thioether (sulfide) groups is 1. The van der Waals surface area contributed by atoms with E-state index in [4.69, 9.17) is 0 Å². The number of carbonyl (C=O) groups is 1. The number of nitrogens with one attached hydrogen (secondary N) is 1. The summed E-state index contributed by atoms with van der Waals surface area (Å²) in [5.41, 5.74) is 0.825. The Bertz CT molecular complexity index is 409. The zero-order chi connectivity index (χ0) is 12.4. The molecule has 2 atom stereocenters. The molecule has 0 spiro atoms. The second-order valence-corrected chi connectivity index (χ2v) is 6.26. The maximum atomic E-state index is 12.1. The molecule has 2 fully saturated rings. The molecular weight excluding hydrogens is 244 g/mol. The summed E-state index contributed by atoms with van der Waals surface area (Å²) in [5.74, 6) is 0. The fraction of sp³-hybridized carbons (Fsp3) is 0.500. The van der Waals surface area contributed by atoms with Crippen LogP contribution >= 0.6 is 11.8 Å². The highest BCUT2D eigenvalue weighted by molar-refractivity contribution is 8.14. The van der Waals surface area contributed by atoms with E-state index in [0.29, 0.717) is 11.3 Å². The molecule has 1 N–H and O–H groups in total. The van der Waals surface area contributed by atoms with E-state index in [0.717, 1.165) is 38.2 Å². The standard InChI is InChI=1S/C14H18N2OS/c17-14(11-4-2-1-3-5-11)18-13-8-12-9-15-6-7-16(12)10-13/h1-5,12-13,15H,6-10H2/t12-,13-/m0/s1. The van der Waals surface area contributed by atoms with Crippen molar-refractivity contribution < 1.29 is 4.79 Å². The Kier molecular flexibility index (Phi) is 3.68. The highest BCUT2D eigenvalue weighted by Gasteiger charge is 2.34. The van der Waals surface area contributed by atoms with E-state index in [-0.39, 0.29) is 5.12 Å². The van der Waals surface area contributed by atoms with Crippen LogP contribution < -0.4 is 5.32 Å². The van der Waals surface area contributed by atoms with Crippen LogP contribution in [0.4, 0.5) is 0 Å². The molecule has 0 amide bonds. The molecule has 3 rings (SSSR count). The quantitative estimate of drug-likeness (QED) is 0.877. The summed E-state index contributed by atoms with van der Waals surface area (Å²) in [5, 5.41) is 4.10. The van der Waals surface area contributed by atoms with Crippen molar-refractivity contribution in [1.82, 2.24) is 10.2 Å². The van der Waals surface area contributed by atoms with Crippen molar-refractivity contribution in [2.75, 3.05) is 26.2 Å². The lowest BCUT2D eigenvalue weighted by molar-refractivity contribution is 0.108. The molecule has 0 aromatic heterocycles. The Morgan fingerprint density at radius 3 is 2.94 bits per heavy atom. The van der Waals surface area contributed by atoms with Crippen LogP contribution in [-0.2, 0) is 0 Å². The van der Waals surface area contributed by atoms with E-state index in [9.17, 15) is 4.79 Å². The van der Waals surface area contributed by atoms with Gasteiger partial charge in [0.25, 0.3) is 0 Å². The number of fused-ring (bicyclic) bond motifs is 1. The number of hydrogen-bond donors (Lipinski definition) is 1. The zero-order valence-electron chi connectivity index (χ0n) is 10.3. The Labute approximate surface area is 112 Å². The Morgan fingerprint density at radius 1 is 1.33 bits per heavy atom. The molecule has 96 valence electrons. The first-order chi connectivity index (χ1) is 8.83. The minimum Gasteiger partial charge on any atom is -0.314 e. The van der Waals surface area contributed by atoms with E-state index in [1.807, 2.05) is 30.3 Å². The number of hydrogen-bond acceptors (Lipinski definition) is 4. The van der Waals surface area contributed by atoms with Gasteiger partial charge in [-0.15, -0.1) is 0 Å². The van der Waals surface area contributed by atoms with Crippen LogP contribution in [0, 0.1) is 0 Å². The van der Waals surface area contributed by atoms with Crippen LogP contribution in [-0.4, -0.2) is 47.5 Å². The third-order valence-corrected chi connectivity index (χ3v) is 4.85. The molecule has 2 heterocycles. The van der Waals surface area contributed by atoms with E-state index in [2.05, 4.69) is 10.2 Å². The first-order valence-electron chi connectivity index (χ1n) is 6.54. The van der Waals surface area contributed by atoms with Gasteiger partial charge in [0.2, 0.25) is 5.12 Å². The average molecular weight is 262 g/mol. The van der Waals surface area contributed by atoms with Crippen molar-refractivity contribution in [3.05, 3.63) is 35.9 Å². The summed E-state index contributed by atoms with van der Waals surface area (Å²) in [4.78, 5) is 14.7. The summed E-state index contributed by atoms with van der Waals surface area (Å²) in [7, 11) is 0. The summed E-state index contributed by atoms with van der Waals surface area (Å²) in [6.07, 6.45) is 1.14. The Balaban J connectivity index is 1.59. The third-order valence-electron chi connectivity index (χ3n) is 3.73. The largest absolute Gasteiger partial charge is 0.314 e. The van der Waals surface area contributed by atoms with Crippen molar-refractivity contribution in [3.63, 3.8) is 0 Å². The van der Waals surface area contributed by atoms with Crippen LogP contribution in [0.2, 0.25) is 0 Å². The molecule has 1 aromatic carbocycles. The van der Waals surface area contributed by atoms with Crippen LogP contribution in [0.25, 0.3) is 0 Å². The van der Waals surface area contributed by atoms with Gasteiger partial charge in [-0.25, -0.2) is 0 Å². The van der Waals surface area contributed by atoms with E-state index in [1.165, 1.54) is 11.8 Å². The number of rotatable bonds is 2. The molecule has 1 aromatic rings. The Hall–Kier alpha value is -0.840. The maximum Gasteiger partial charge on any atom is 0.219 e. The Morgan fingerprint density at radius 2 is 2.17 bits per heavy atom. The van der Waals surface area contributed by atoms with Gasteiger partial charge in [-0.1, -0.05) is 42.1 Å². The number of nitrogens with zero attached hydrogens (tertiary/aromatic N) is 1. The summed E-state index contributed by atoms with van der Waals surface area (Å²) in [6.45, 7) is 4.36. The molecule has 0 bridgehead atoms. The van der Waals surface area contributed by atoms with Gasteiger partial charge in [0.1, 0.15) is 0 Å². The first kappa shape index (κ1) is 12.2. The second kappa shape index (κ2) is 5.43. The van der Waals surface area contributed by atoms with Crippen LogP contribution in [0.5, 0.6) is 0 Å². The normalized spacial score (nSPS) is 28.0. The number of benzene rings is 1. The molecule has 2 saturated heterocycles. The van der Waals surface area contributed by atoms with Crippen molar-refractivity contribution in [2.45, 2.75) is 17.7 Å². The highest BCUT2D eigenvalue weighted by Crippen LogP contribution is 2.30. The van der Waals surface area contributed by atoms with E-state index < -0.39 is 0 Å². The molecule has 18 heavy (non-hydrogen) atoms. The lowest BCUT2D eigenvalue weighted by atomic mass is 10.2. The fourth-order valence-electron chi connectivity index (χ4n) is 2.79.